The van der Waals surface area contributed by atoms with Crippen molar-refractivity contribution in [3.8, 4) is 0 Å². The molecule has 10 heteroatoms. The standard InChI is InChI=1S/C18H30N4O5S/c1-28(26,27)19-13-14-7-3-6-11-21(14)15(23)8-12-22-16(24)18(20-17(22)25)9-4-2-5-10-18/h14,19H,2-13H2,1H3,(H,20,25). The molecule has 28 heavy (non-hydrogen) atoms. The van der Waals surface area contributed by atoms with Gasteiger partial charge in [0.1, 0.15) is 5.54 Å². The SMILES string of the molecule is CS(=O)(=O)NCC1CCCCN1C(=O)CCN1C(=O)NC2(CCCCC2)C1=O. The minimum absolute atomic E-state index is 0.0601. The van der Waals surface area contributed by atoms with Crippen LogP contribution in [0.4, 0.5) is 4.79 Å². The fourth-order valence-corrected chi connectivity index (χ4v) is 5.01. The zero-order valence-corrected chi connectivity index (χ0v) is 17.2. The van der Waals surface area contributed by atoms with Crippen molar-refractivity contribution >= 4 is 27.9 Å². The Hall–Kier alpha value is -1.68. The van der Waals surface area contributed by atoms with Gasteiger partial charge in [-0.15, -0.1) is 0 Å². The number of nitrogens with one attached hydrogen (secondary N) is 2. The average molecular weight is 415 g/mol. The summed E-state index contributed by atoms with van der Waals surface area (Å²) in [5.74, 6) is -0.357. The average Bonchev–Trinajstić information content (AvgIpc) is 2.88. The van der Waals surface area contributed by atoms with Crippen molar-refractivity contribution in [3.05, 3.63) is 0 Å². The highest BCUT2D eigenvalue weighted by molar-refractivity contribution is 7.88. The van der Waals surface area contributed by atoms with Gasteiger partial charge in [0.25, 0.3) is 5.91 Å². The van der Waals surface area contributed by atoms with E-state index in [1.54, 1.807) is 4.90 Å². The highest BCUT2D eigenvalue weighted by Gasteiger charge is 2.51. The highest BCUT2D eigenvalue weighted by atomic mass is 32.2. The van der Waals surface area contributed by atoms with E-state index in [1.807, 2.05) is 0 Å². The lowest BCUT2D eigenvalue weighted by atomic mass is 9.82. The summed E-state index contributed by atoms with van der Waals surface area (Å²) < 4.78 is 25.2. The van der Waals surface area contributed by atoms with E-state index in [0.717, 1.165) is 44.8 Å². The van der Waals surface area contributed by atoms with Crippen molar-refractivity contribution in [2.45, 2.75) is 69.4 Å². The number of likely N-dealkylation sites (tertiary alicyclic amines) is 1. The minimum Gasteiger partial charge on any atom is -0.338 e. The molecule has 0 aromatic carbocycles. The number of amides is 4. The summed E-state index contributed by atoms with van der Waals surface area (Å²) in [7, 11) is -3.32. The van der Waals surface area contributed by atoms with E-state index in [4.69, 9.17) is 0 Å². The van der Waals surface area contributed by atoms with Gasteiger partial charge in [-0.2, -0.15) is 0 Å². The molecule has 1 atom stereocenters. The van der Waals surface area contributed by atoms with E-state index in [0.29, 0.717) is 19.4 Å². The Balaban J connectivity index is 1.57. The van der Waals surface area contributed by atoms with E-state index in [9.17, 15) is 22.8 Å². The normalized spacial score (nSPS) is 25.2. The van der Waals surface area contributed by atoms with Crippen LogP contribution in [0.15, 0.2) is 0 Å². The molecule has 0 aromatic rings. The molecule has 4 amide bonds. The molecule has 1 saturated carbocycles. The number of nitrogens with zero attached hydrogens (tertiary/aromatic N) is 2. The number of hydrogen-bond donors (Lipinski definition) is 2. The van der Waals surface area contributed by atoms with E-state index in [1.165, 1.54) is 4.90 Å². The summed E-state index contributed by atoms with van der Waals surface area (Å²) in [5, 5.41) is 2.85. The molecule has 2 N–H and O–H groups in total. The first kappa shape index (κ1) is 21.0. The van der Waals surface area contributed by atoms with Gasteiger partial charge in [-0.3, -0.25) is 14.5 Å². The van der Waals surface area contributed by atoms with Crippen LogP contribution in [-0.2, 0) is 19.6 Å². The first-order valence-corrected chi connectivity index (χ1v) is 12.0. The van der Waals surface area contributed by atoms with Gasteiger partial charge in [0.2, 0.25) is 15.9 Å². The lowest BCUT2D eigenvalue weighted by Gasteiger charge is -2.36. The third-order valence-electron chi connectivity index (χ3n) is 6.03. The third-order valence-corrected chi connectivity index (χ3v) is 6.72. The van der Waals surface area contributed by atoms with Gasteiger partial charge in [-0.1, -0.05) is 19.3 Å². The molecule has 2 aliphatic heterocycles. The second-order valence-electron chi connectivity index (χ2n) is 8.14. The molecule has 2 heterocycles. The van der Waals surface area contributed by atoms with Crippen molar-refractivity contribution in [3.63, 3.8) is 0 Å². The Bertz CT molecular complexity index is 732. The fraction of sp³-hybridized carbons (Fsp3) is 0.833. The molecule has 2 saturated heterocycles. The molecular weight excluding hydrogens is 384 g/mol. The predicted molar refractivity (Wildman–Crippen MR) is 103 cm³/mol. The van der Waals surface area contributed by atoms with Gasteiger partial charge in [0.15, 0.2) is 0 Å². The summed E-state index contributed by atoms with van der Waals surface area (Å²) in [6.07, 6.45) is 7.93. The lowest BCUT2D eigenvalue weighted by molar-refractivity contribution is -0.136. The molecule has 158 valence electrons. The maximum Gasteiger partial charge on any atom is 0.325 e. The summed E-state index contributed by atoms with van der Waals surface area (Å²) in [4.78, 5) is 40.7. The van der Waals surface area contributed by atoms with Crippen molar-refractivity contribution < 1.29 is 22.8 Å². The van der Waals surface area contributed by atoms with Crippen LogP contribution >= 0.6 is 0 Å². The van der Waals surface area contributed by atoms with E-state index >= 15 is 0 Å². The Morgan fingerprint density at radius 2 is 1.89 bits per heavy atom. The number of piperidine rings is 1. The molecule has 1 unspecified atom stereocenters. The molecule has 3 fully saturated rings. The number of imide groups is 1. The number of sulfonamides is 1. The van der Waals surface area contributed by atoms with Crippen LogP contribution < -0.4 is 10.0 Å². The largest absolute Gasteiger partial charge is 0.338 e. The smallest absolute Gasteiger partial charge is 0.325 e. The van der Waals surface area contributed by atoms with Gasteiger partial charge in [0.05, 0.1) is 6.26 Å². The monoisotopic (exact) mass is 414 g/mol. The Morgan fingerprint density at radius 3 is 2.57 bits per heavy atom. The van der Waals surface area contributed by atoms with Gasteiger partial charge < -0.3 is 10.2 Å². The predicted octanol–water partition coefficient (Wildman–Crippen LogP) is 0.562. The first-order chi connectivity index (χ1) is 13.2. The maximum atomic E-state index is 12.8. The molecule has 1 aliphatic carbocycles. The second kappa shape index (κ2) is 8.36. The maximum absolute atomic E-state index is 12.8. The van der Waals surface area contributed by atoms with Crippen LogP contribution in [0, 0.1) is 0 Å². The van der Waals surface area contributed by atoms with Gasteiger partial charge in [-0.25, -0.2) is 17.9 Å². The molecular formula is C18H30N4O5S. The summed E-state index contributed by atoms with van der Waals surface area (Å²) >= 11 is 0. The van der Waals surface area contributed by atoms with Crippen molar-refractivity contribution in [1.82, 2.24) is 19.8 Å². The third kappa shape index (κ3) is 4.65. The number of hydrogen-bond acceptors (Lipinski definition) is 5. The van der Waals surface area contributed by atoms with Crippen LogP contribution in [0.1, 0.15) is 57.8 Å². The Labute approximate surface area is 166 Å². The van der Waals surface area contributed by atoms with Crippen molar-refractivity contribution in [2.24, 2.45) is 0 Å². The van der Waals surface area contributed by atoms with Crippen LogP contribution in [0.3, 0.4) is 0 Å². The van der Waals surface area contributed by atoms with E-state index in [-0.39, 0.29) is 37.4 Å². The van der Waals surface area contributed by atoms with Crippen LogP contribution in [0.25, 0.3) is 0 Å². The summed E-state index contributed by atoms with van der Waals surface area (Å²) in [6, 6.07) is -0.600. The number of rotatable bonds is 6. The summed E-state index contributed by atoms with van der Waals surface area (Å²) in [5.41, 5.74) is -0.772. The second-order valence-corrected chi connectivity index (χ2v) is 9.97. The van der Waals surface area contributed by atoms with Crippen LogP contribution in [0.2, 0.25) is 0 Å². The molecule has 3 aliphatic rings. The van der Waals surface area contributed by atoms with Gasteiger partial charge in [-0.05, 0) is 32.1 Å². The lowest BCUT2D eigenvalue weighted by Crippen LogP contribution is -2.50. The first-order valence-electron chi connectivity index (χ1n) is 10.1. The zero-order valence-electron chi connectivity index (χ0n) is 16.4. The van der Waals surface area contributed by atoms with Gasteiger partial charge in [0, 0.05) is 32.1 Å². The molecule has 0 aromatic heterocycles. The van der Waals surface area contributed by atoms with Crippen molar-refractivity contribution in [2.75, 3.05) is 25.9 Å². The Morgan fingerprint density at radius 1 is 1.18 bits per heavy atom. The fourth-order valence-electron chi connectivity index (χ4n) is 4.51. The summed E-state index contributed by atoms with van der Waals surface area (Å²) in [6.45, 7) is 0.823. The van der Waals surface area contributed by atoms with Crippen LogP contribution in [-0.4, -0.2) is 73.5 Å². The number of urea groups is 1. The van der Waals surface area contributed by atoms with Crippen LogP contribution in [0.5, 0.6) is 0 Å². The molecule has 3 rings (SSSR count). The highest BCUT2D eigenvalue weighted by Crippen LogP contribution is 2.33. The molecule has 0 radical (unpaired) electrons. The van der Waals surface area contributed by atoms with E-state index < -0.39 is 21.6 Å². The molecule has 1 spiro atoms. The number of carbonyl (C=O) groups excluding carboxylic acids is 3. The number of carbonyl (C=O) groups is 3. The Kier molecular flexibility index (Phi) is 6.28. The quantitative estimate of drug-likeness (QED) is 0.616. The molecule has 9 nitrogen and oxygen atoms in total. The minimum atomic E-state index is -3.32. The van der Waals surface area contributed by atoms with Crippen molar-refractivity contribution in [1.29, 1.82) is 0 Å². The van der Waals surface area contributed by atoms with E-state index in [2.05, 4.69) is 10.0 Å². The molecule has 0 bridgehead atoms. The topological polar surface area (TPSA) is 116 Å². The zero-order chi connectivity index (χ0) is 20.4. The van der Waals surface area contributed by atoms with Gasteiger partial charge >= 0.3 is 6.03 Å².